The molecule has 0 bridgehead atoms. The van der Waals surface area contributed by atoms with Gasteiger partial charge in [0.1, 0.15) is 5.54 Å². The van der Waals surface area contributed by atoms with Crippen molar-refractivity contribution in [2.24, 2.45) is 5.73 Å². The number of primary amides is 1. The van der Waals surface area contributed by atoms with Gasteiger partial charge < -0.3 is 27.2 Å². The molecule has 2 rings (SSSR count). The number of anilines is 2. The number of rotatable bonds is 4. The Kier molecular flexibility index (Phi) is 4.73. The molecule has 0 radical (unpaired) electrons. The maximum atomic E-state index is 12.6. The van der Waals surface area contributed by atoms with E-state index in [4.69, 9.17) is 16.6 Å². The van der Waals surface area contributed by atoms with Crippen molar-refractivity contribution in [3.8, 4) is 0 Å². The number of para-hydroxylation sites is 1. The third kappa shape index (κ3) is 3.53. The van der Waals surface area contributed by atoms with Crippen molar-refractivity contribution in [2.45, 2.75) is 37.6 Å². The number of carbonyl (C=O) groups is 3. The molecule has 0 saturated heterocycles. The van der Waals surface area contributed by atoms with Crippen LogP contribution in [0.5, 0.6) is 0 Å². The lowest BCUT2D eigenvalue weighted by Gasteiger charge is -2.35. The number of carbonyl (C=O) groups excluding carboxylic acids is 2. The molecule has 124 valence electrons. The van der Waals surface area contributed by atoms with Gasteiger partial charge in [-0.3, -0.25) is 9.59 Å². The minimum absolute atomic E-state index is 0.0645. The van der Waals surface area contributed by atoms with Crippen LogP contribution in [0.15, 0.2) is 18.2 Å². The molecule has 0 atom stereocenters. The van der Waals surface area contributed by atoms with Gasteiger partial charge in [-0.05, 0) is 25.0 Å². The fourth-order valence-corrected chi connectivity index (χ4v) is 2.90. The Hall–Kier alpha value is -2.77. The zero-order valence-corrected chi connectivity index (χ0v) is 12.6. The fraction of sp³-hybridized carbons (Fsp3) is 0.400. The van der Waals surface area contributed by atoms with E-state index in [1.54, 1.807) is 6.07 Å². The van der Waals surface area contributed by atoms with E-state index in [1.165, 1.54) is 12.1 Å². The summed E-state index contributed by atoms with van der Waals surface area (Å²) < 4.78 is 0. The van der Waals surface area contributed by atoms with E-state index >= 15 is 0 Å². The van der Waals surface area contributed by atoms with Gasteiger partial charge in [-0.15, -0.1) is 0 Å². The molecule has 0 heterocycles. The van der Waals surface area contributed by atoms with Gasteiger partial charge in [-0.1, -0.05) is 25.3 Å². The first-order valence-corrected chi connectivity index (χ1v) is 7.36. The first-order chi connectivity index (χ1) is 10.9. The largest absolute Gasteiger partial charge is 0.465 e. The second-order valence-corrected chi connectivity index (χ2v) is 5.66. The van der Waals surface area contributed by atoms with E-state index in [2.05, 4.69) is 10.6 Å². The van der Waals surface area contributed by atoms with Crippen molar-refractivity contribution in [3.63, 3.8) is 0 Å². The summed E-state index contributed by atoms with van der Waals surface area (Å²) >= 11 is 0. The van der Waals surface area contributed by atoms with Crippen LogP contribution in [0.1, 0.15) is 42.5 Å². The lowest BCUT2D eigenvalue weighted by molar-refractivity contribution is -0.123. The molecule has 1 aromatic carbocycles. The van der Waals surface area contributed by atoms with E-state index in [0.717, 1.165) is 19.3 Å². The number of benzene rings is 1. The first-order valence-electron chi connectivity index (χ1n) is 7.36. The van der Waals surface area contributed by atoms with Crippen molar-refractivity contribution in [3.05, 3.63) is 23.8 Å². The summed E-state index contributed by atoms with van der Waals surface area (Å²) in [6.45, 7) is 0. The van der Waals surface area contributed by atoms with Crippen LogP contribution in [0.2, 0.25) is 0 Å². The summed E-state index contributed by atoms with van der Waals surface area (Å²) in [5, 5.41) is 14.0. The average molecular weight is 320 g/mol. The zero-order chi connectivity index (χ0) is 17.0. The summed E-state index contributed by atoms with van der Waals surface area (Å²) in [4.78, 5) is 35.0. The van der Waals surface area contributed by atoms with Crippen LogP contribution >= 0.6 is 0 Å². The quantitative estimate of drug-likeness (QED) is 0.530. The summed E-state index contributed by atoms with van der Waals surface area (Å²) in [6, 6.07) is 4.54. The summed E-state index contributed by atoms with van der Waals surface area (Å²) in [7, 11) is 0. The topological polar surface area (TPSA) is 148 Å². The number of amides is 3. The van der Waals surface area contributed by atoms with Crippen LogP contribution in [-0.2, 0) is 4.79 Å². The Balaban J connectivity index is 2.27. The number of nitrogens with two attached hydrogens (primary N) is 2. The average Bonchev–Trinajstić information content (AvgIpc) is 2.49. The monoisotopic (exact) mass is 320 g/mol. The minimum atomic E-state index is -1.25. The van der Waals surface area contributed by atoms with Crippen LogP contribution in [-0.4, -0.2) is 28.6 Å². The molecule has 1 fully saturated rings. The van der Waals surface area contributed by atoms with E-state index in [-0.39, 0.29) is 16.9 Å². The standard InChI is InChI=1S/C15H20N4O4/c16-11-9(12(17)20)5-4-6-10(11)18-13(21)15(19-14(22)23)7-2-1-3-8-15/h4-6,19H,1-3,7-8,16H2,(H2,17,20)(H,18,21)(H,22,23). The molecule has 3 amide bonds. The molecular weight excluding hydrogens is 300 g/mol. The highest BCUT2D eigenvalue weighted by Gasteiger charge is 2.41. The van der Waals surface area contributed by atoms with Gasteiger partial charge in [0.15, 0.2) is 0 Å². The van der Waals surface area contributed by atoms with Crippen LogP contribution in [0.3, 0.4) is 0 Å². The minimum Gasteiger partial charge on any atom is -0.465 e. The maximum Gasteiger partial charge on any atom is 0.405 e. The molecular formula is C15H20N4O4. The lowest BCUT2D eigenvalue weighted by atomic mass is 9.81. The van der Waals surface area contributed by atoms with E-state index in [9.17, 15) is 14.4 Å². The van der Waals surface area contributed by atoms with E-state index in [0.29, 0.717) is 12.8 Å². The molecule has 8 nitrogen and oxygen atoms in total. The van der Waals surface area contributed by atoms with Gasteiger partial charge in [0.05, 0.1) is 16.9 Å². The fourth-order valence-electron chi connectivity index (χ4n) is 2.90. The molecule has 1 saturated carbocycles. The molecule has 7 N–H and O–H groups in total. The highest BCUT2D eigenvalue weighted by atomic mass is 16.4. The molecule has 8 heteroatoms. The Labute approximate surface area is 133 Å². The summed E-state index contributed by atoms with van der Waals surface area (Å²) in [6.07, 6.45) is 2.05. The van der Waals surface area contributed by atoms with Crippen LogP contribution < -0.4 is 22.1 Å². The predicted octanol–water partition coefficient (Wildman–Crippen LogP) is 1.28. The number of hydrogen-bond donors (Lipinski definition) is 5. The van der Waals surface area contributed by atoms with Crippen molar-refractivity contribution in [1.82, 2.24) is 5.32 Å². The molecule has 23 heavy (non-hydrogen) atoms. The smallest absolute Gasteiger partial charge is 0.405 e. The molecule has 0 aliphatic heterocycles. The van der Waals surface area contributed by atoms with E-state index < -0.39 is 23.4 Å². The van der Waals surface area contributed by atoms with Gasteiger partial charge >= 0.3 is 6.09 Å². The number of nitrogens with one attached hydrogen (secondary N) is 2. The van der Waals surface area contributed by atoms with Gasteiger partial charge in [-0.25, -0.2) is 4.79 Å². The Morgan fingerprint density at radius 2 is 1.78 bits per heavy atom. The highest BCUT2D eigenvalue weighted by Crippen LogP contribution is 2.31. The summed E-state index contributed by atoms with van der Waals surface area (Å²) in [5.74, 6) is -1.18. The molecule has 0 spiro atoms. The van der Waals surface area contributed by atoms with E-state index in [1.807, 2.05) is 0 Å². The maximum absolute atomic E-state index is 12.6. The van der Waals surface area contributed by atoms with Crippen molar-refractivity contribution in [2.75, 3.05) is 11.1 Å². The SMILES string of the molecule is NC(=O)c1cccc(NC(=O)C2(NC(=O)O)CCCCC2)c1N. The highest BCUT2D eigenvalue weighted by molar-refractivity contribution is 6.06. The second kappa shape index (κ2) is 6.55. The molecule has 0 aromatic heterocycles. The number of carboxylic acid groups (broad SMARTS) is 1. The van der Waals surface area contributed by atoms with Crippen LogP contribution in [0, 0.1) is 0 Å². The molecule has 1 aromatic rings. The predicted molar refractivity (Wildman–Crippen MR) is 85.0 cm³/mol. The number of nitrogen functional groups attached to an aromatic ring is 1. The normalized spacial score (nSPS) is 16.3. The molecule has 0 unspecified atom stereocenters. The Morgan fingerprint density at radius 1 is 1.13 bits per heavy atom. The van der Waals surface area contributed by atoms with Crippen molar-refractivity contribution >= 4 is 29.3 Å². The Morgan fingerprint density at radius 3 is 2.35 bits per heavy atom. The van der Waals surface area contributed by atoms with Gasteiger partial charge in [0.25, 0.3) is 5.91 Å². The second-order valence-electron chi connectivity index (χ2n) is 5.66. The van der Waals surface area contributed by atoms with Crippen LogP contribution in [0.4, 0.5) is 16.2 Å². The molecule has 1 aliphatic rings. The Bertz CT molecular complexity index is 638. The third-order valence-electron chi connectivity index (χ3n) is 4.11. The lowest BCUT2D eigenvalue weighted by Crippen LogP contribution is -2.57. The number of hydrogen-bond acceptors (Lipinski definition) is 4. The molecule has 1 aliphatic carbocycles. The van der Waals surface area contributed by atoms with Crippen molar-refractivity contribution < 1.29 is 19.5 Å². The van der Waals surface area contributed by atoms with Gasteiger partial charge in [0, 0.05) is 0 Å². The van der Waals surface area contributed by atoms with Crippen LogP contribution in [0.25, 0.3) is 0 Å². The van der Waals surface area contributed by atoms with Gasteiger partial charge in [-0.2, -0.15) is 0 Å². The summed E-state index contributed by atoms with van der Waals surface area (Å²) in [5.41, 5.74) is 10.3. The van der Waals surface area contributed by atoms with Crippen molar-refractivity contribution in [1.29, 1.82) is 0 Å². The zero-order valence-electron chi connectivity index (χ0n) is 12.6. The van der Waals surface area contributed by atoms with Gasteiger partial charge in [0.2, 0.25) is 5.91 Å². The third-order valence-corrected chi connectivity index (χ3v) is 4.11. The first kappa shape index (κ1) is 16.6.